The molecule has 0 aliphatic heterocycles. The quantitative estimate of drug-likeness (QED) is 0.711. The van der Waals surface area contributed by atoms with E-state index in [9.17, 15) is 10.2 Å². The second-order valence-electron chi connectivity index (χ2n) is 11.0. The predicted molar refractivity (Wildman–Crippen MR) is 105 cm³/mol. The van der Waals surface area contributed by atoms with Gasteiger partial charge in [0.25, 0.3) is 0 Å². The first-order chi connectivity index (χ1) is 12.3. The average molecular weight is 364 g/mol. The minimum absolute atomic E-state index is 0.140. The van der Waals surface area contributed by atoms with Crippen LogP contribution in [0.2, 0.25) is 0 Å². The van der Waals surface area contributed by atoms with Gasteiger partial charge in [0.05, 0.1) is 12.2 Å². The van der Waals surface area contributed by atoms with Crippen molar-refractivity contribution in [3.63, 3.8) is 0 Å². The lowest BCUT2D eigenvalue weighted by Gasteiger charge is -2.62. The maximum absolute atomic E-state index is 11.2. The van der Waals surface area contributed by atoms with Crippen LogP contribution in [-0.4, -0.2) is 29.0 Å². The zero-order valence-corrected chi connectivity index (χ0v) is 17.2. The van der Waals surface area contributed by atoms with Crippen LogP contribution in [-0.2, 0) is 0 Å². The van der Waals surface area contributed by atoms with Crippen molar-refractivity contribution in [2.75, 3.05) is 6.54 Å². The number of hydrogen-bond acceptors (Lipinski definition) is 3. The van der Waals surface area contributed by atoms with Gasteiger partial charge in [0, 0.05) is 0 Å². The molecule has 3 nitrogen and oxygen atoms in total. The van der Waals surface area contributed by atoms with Gasteiger partial charge < -0.3 is 15.9 Å². The highest BCUT2D eigenvalue weighted by Gasteiger charge is 2.62. The molecular weight excluding hydrogens is 322 g/mol. The van der Waals surface area contributed by atoms with E-state index in [4.69, 9.17) is 5.73 Å². The van der Waals surface area contributed by atoms with Crippen LogP contribution in [0.1, 0.15) is 78.6 Å². The Morgan fingerprint density at radius 3 is 2.38 bits per heavy atom. The Bertz CT molecular complexity index is 524. The van der Waals surface area contributed by atoms with Gasteiger partial charge in [0.15, 0.2) is 0 Å². The van der Waals surface area contributed by atoms with Gasteiger partial charge in [-0.3, -0.25) is 0 Å². The summed E-state index contributed by atoms with van der Waals surface area (Å²) in [6.45, 7) is 8.26. The van der Waals surface area contributed by atoms with Gasteiger partial charge in [-0.1, -0.05) is 20.8 Å². The molecule has 10 atom stereocenters. The molecule has 4 aliphatic carbocycles. The van der Waals surface area contributed by atoms with Crippen molar-refractivity contribution in [2.24, 2.45) is 52.1 Å². The van der Waals surface area contributed by atoms with E-state index >= 15 is 0 Å². The summed E-state index contributed by atoms with van der Waals surface area (Å²) in [5, 5.41) is 21.4. The summed E-state index contributed by atoms with van der Waals surface area (Å²) in [4.78, 5) is 0. The Morgan fingerprint density at radius 2 is 1.65 bits per heavy atom. The molecule has 4 saturated carbocycles. The second-order valence-corrected chi connectivity index (χ2v) is 11.0. The molecule has 4 aliphatic rings. The predicted octanol–water partition coefficient (Wildman–Crippen LogP) is 3.96. The van der Waals surface area contributed by atoms with E-state index in [1.54, 1.807) is 0 Å². The maximum Gasteiger partial charge on any atom is 0.0577 e. The van der Waals surface area contributed by atoms with E-state index in [2.05, 4.69) is 20.8 Å². The Labute approximate surface area is 160 Å². The van der Waals surface area contributed by atoms with Crippen molar-refractivity contribution in [3.8, 4) is 0 Å². The van der Waals surface area contributed by atoms with Gasteiger partial charge in [0.2, 0.25) is 0 Å². The van der Waals surface area contributed by atoms with Gasteiger partial charge in [-0.2, -0.15) is 0 Å². The first kappa shape index (κ1) is 19.2. The smallest absolute Gasteiger partial charge is 0.0577 e. The van der Waals surface area contributed by atoms with Crippen molar-refractivity contribution < 1.29 is 10.2 Å². The molecule has 4 N–H and O–H groups in total. The van der Waals surface area contributed by atoms with Crippen molar-refractivity contribution in [3.05, 3.63) is 0 Å². The van der Waals surface area contributed by atoms with E-state index in [1.165, 1.54) is 25.7 Å². The SMILES string of the molecule is C[C@H](CCN)C1CCC2C3C(CC[C@@]21C)[C@@]1(C)CC[C@@H](O)C[C@H]1C[C@@H]3O. The van der Waals surface area contributed by atoms with Crippen LogP contribution in [0.4, 0.5) is 0 Å². The molecule has 0 bridgehead atoms. The Kier molecular flexibility index (Phi) is 4.98. The van der Waals surface area contributed by atoms with Crippen LogP contribution < -0.4 is 5.73 Å². The zero-order valence-electron chi connectivity index (χ0n) is 17.2. The third kappa shape index (κ3) is 2.71. The van der Waals surface area contributed by atoms with Gasteiger partial charge >= 0.3 is 0 Å². The van der Waals surface area contributed by atoms with Crippen LogP contribution >= 0.6 is 0 Å². The third-order valence-electron chi connectivity index (χ3n) is 10.0. The van der Waals surface area contributed by atoms with Crippen LogP contribution in [0.15, 0.2) is 0 Å². The highest BCUT2D eigenvalue weighted by Crippen LogP contribution is 2.68. The molecule has 3 heteroatoms. The summed E-state index contributed by atoms with van der Waals surface area (Å²) in [6.07, 6.45) is 10.0. The minimum atomic E-state index is -0.156. The zero-order chi connectivity index (χ0) is 18.7. The molecule has 26 heavy (non-hydrogen) atoms. The normalized spacial score (nSPS) is 54.9. The van der Waals surface area contributed by atoms with Crippen LogP contribution in [0.5, 0.6) is 0 Å². The van der Waals surface area contributed by atoms with Gasteiger partial charge in [-0.05, 0) is 111 Å². The molecule has 0 saturated heterocycles. The molecular formula is C23H41NO2. The molecule has 0 aromatic heterocycles. The molecule has 0 heterocycles. The lowest BCUT2D eigenvalue weighted by molar-refractivity contribution is -0.174. The fraction of sp³-hybridized carbons (Fsp3) is 1.00. The van der Waals surface area contributed by atoms with Crippen molar-refractivity contribution in [1.29, 1.82) is 0 Å². The largest absolute Gasteiger partial charge is 0.393 e. The van der Waals surface area contributed by atoms with Gasteiger partial charge in [-0.15, -0.1) is 0 Å². The number of rotatable bonds is 3. The molecule has 150 valence electrons. The number of aliphatic hydroxyl groups excluding tert-OH is 2. The molecule has 4 fully saturated rings. The summed E-state index contributed by atoms with van der Waals surface area (Å²) in [5.74, 6) is 3.83. The fourth-order valence-corrected chi connectivity index (χ4v) is 8.64. The molecule has 0 aromatic rings. The van der Waals surface area contributed by atoms with E-state index in [0.717, 1.165) is 44.6 Å². The Balaban J connectivity index is 1.61. The van der Waals surface area contributed by atoms with E-state index in [0.29, 0.717) is 40.4 Å². The molecule has 0 amide bonds. The lowest BCUT2D eigenvalue weighted by Crippen LogP contribution is -2.58. The van der Waals surface area contributed by atoms with Crippen molar-refractivity contribution >= 4 is 0 Å². The highest BCUT2D eigenvalue weighted by molar-refractivity contribution is 5.11. The monoisotopic (exact) mass is 363 g/mol. The van der Waals surface area contributed by atoms with E-state index < -0.39 is 0 Å². The summed E-state index contributed by atoms with van der Waals surface area (Å²) in [5.41, 5.74) is 6.61. The third-order valence-corrected chi connectivity index (χ3v) is 10.0. The number of nitrogens with two attached hydrogens (primary N) is 1. The Hall–Kier alpha value is -0.120. The minimum Gasteiger partial charge on any atom is -0.393 e. The molecule has 0 aromatic carbocycles. The topological polar surface area (TPSA) is 66.5 Å². The maximum atomic E-state index is 11.2. The Morgan fingerprint density at radius 1 is 0.962 bits per heavy atom. The second kappa shape index (κ2) is 6.74. The summed E-state index contributed by atoms with van der Waals surface area (Å²) in [7, 11) is 0. The molecule has 4 rings (SSSR count). The van der Waals surface area contributed by atoms with Crippen LogP contribution in [0.3, 0.4) is 0 Å². The van der Waals surface area contributed by atoms with Crippen LogP contribution in [0, 0.1) is 46.3 Å². The lowest BCUT2D eigenvalue weighted by atomic mass is 9.43. The average Bonchev–Trinajstić information content (AvgIpc) is 2.94. The number of hydrogen-bond donors (Lipinski definition) is 3. The number of aliphatic hydroxyl groups is 2. The standard InChI is InChI=1S/C23H41NO2/c1-14(8-11-24)17-4-5-18-21-19(7-10-23(17,18)3)22(2)9-6-16(25)12-15(22)13-20(21)26/h14-21,25-26H,4-13,24H2,1-3H3/t14-,15+,16-,17?,18?,19?,20+,21?,22+,23-/m1/s1. The molecule has 0 radical (unpaired) electrons. The van der Waals surface area contributed by atoms with Gasteiger partial charge in [-0.25, -0.2) is 0 Å². The van der Waals surface area contributed by atoms with E-state index in [-0.39, 0.29) is 12.2 Å². The first-order valence-corrected chi connectivity index (χ1v) is 11.4. The van der Waals surface area contributed by atoms with Crippen molar-refractivity contribution in [2.45, 2.75) is 90.8 Å². The van der Waals surface area contributed by atoms with Crippen molar-refractivity contribution in [1.82, 2.24) is 0 Å². The van der Waals surface area contributed by atoms with E-state index in [1.807, 2.05) is 0 Å². The first-order valence-electron chi connectivity index (χ1n) is 11.4. The highest BCUT2D eigenvalue weighted by atomic mass is 16.3. The number of fused-ring (bicyclic) bond motifs is 5. The summed E-state index contributed by atoms with van der Waals surface area (Å²) >= 11 is 0. The molecule has 4 unspecified atom stereocenters. The summed E-state index contributed by atoms with van der Waals surface area (Å²) < 4.78 is 0. The fourth-order valence-electron chi connectivity index (χ4n) is 8.64. The molecule has 0 spiro atoms. The summed E-state index contributed by atoms with van der Waals surface area (Å²) in [6, 6.07) is 0. The van der Waals surface area contributed by atoms with Crippen LogP contribution in [0.25, 0.3) is 0 Å². The van der Waals surface area contributed by atoms with Gasteiger partial charge in [0.1, 0.15) is 0 Å².